The van der Waals surface area contributed by atoms with Crippen LogP contribution in [0, 0.1) is 0 Å². The SMILES string of the molecule is C.CC(=O)Nc1ccc2c(c1)CCO2.CC(=O)c1ccc2c(c1)CCO2.Cl.NO. The van der Waals surface area contributed by atoms with Gasteiger partial charge in [0.25, 0.3) is 0 Å². The zero-order chi connectivity index (χ0) is 19.8. The summed E-state index contributed by atoms with van der Waals surface area (Å²) in [6.07, 6.45) is 1.86. The van der Waals surface area contributed by atoms with E-state index in [0.717, 1.165) is 54.4 Å². The minimum absolute atomic E-state index is 0. The van der Waals surface area contributed by atoms with Crippen molar-refractivity contribution in [1.82, 2.24) is 0 Å². The highest BCUT2D eigenvalue weighted by atomic mass is 35.5. The first-order valence-electron chi connectivity index (χ1n) is 8.59. The summed E-state index contributed by atoms with van der Waals surface area (Å²) in [6.45, 7) is 4.58. The van der Waals surface area contributed by atoms with Gasteiger partial charge in [-0.15, -0.1) is 12.4 Å². The van der Waals surface area contributed by atoms with E-state index >= 15 is 0 Å². The lowest BCUT2D eigenvalue weighted by molar-refractivity contribution is -0.114. The van der Waals surface area contributed by atoms with Crippen molar-refractivity contribution in [2.45, 2.75) is 34.1 Å². The Morgan fingerprint density at radius 3 is 1.97 bits per heavy atom. The second kappa shape index (κ2) is 12.8. The van der Waals surface area contributed by atoms with Gasteiger partial charge in [-0.3, -0.25) is 9.59 Å². The van der Waals surface area contributed by atoms with Gasteiger partial charge in [-0.1, -0.05) is 7.43 Å². The maximum absolute atomic E-state index is 11.0. The van der Waals surface area contributed by atoms with Crippen molar-refractivity contribution in [3.63, 3.8) is 0 Å². The summed E-state index contributed by atoms with van der Waals surface area (Å²) >= 11 is 0. The standard InChI is InChI=1S/C10H11NO2.C10H10O2.CH4.ClH.H3NO/c1-7(12)11-9-2-3-10-8(6-9)4-5-13-10;1-7(11)8-2-3-10-9(6-8)4-5-12-10;;;1-2/h2-3,6H,4-5H2,1H3,(H,11,12);2-3,6H,4-5H2,1H3;1H4;1H;2H,1H2. The van der Waals surface area contributed by atoms with E-state index in [1.807, 2.05) is 36.4 Å². The highest BCUT2D eigenvalue weighted by Crippen LogP contribution is 2.28. The van der Waals surface area contributed by atoms with Gasteiger partial charge in [-0.2, -0.15) is 0 Å². The zero-order valence-corrected chi connectivity index (χ0v) is 16.7. The number of anilines is 1. The molecule has 0 spiro atoms. The van der Waals surface area contributed by atoms with Gasteiger partial charge >= 0.3 is 0 Å². The Bertz CT molecular complexity index is 827. The molecule has 0 saturated carbocycles. The van der Waals surface area contributed by atoms with Crippen LogP contribution in [0.4, 0.5) is 5.69 Å². The molecule has 8 heteroatoms. The van der Waals surface area contributed by atoms with Gasteiger partial charge < -0.3 is 20.0 Å². The van der Waals surface area contributed by atoms with Crippen LogP contribution in [-0.2, 0) is 17.6 Å². The van der Waals surface area contributed by atoms with Crippen LogP contribution in [0.2, 0.25) is 0 Å². The van der Waals surface area contributed by atoms with Crippen molar-refractivity contribution in [2.24, 2.45) is 5.90 Å². The van der Waals surface area contributed by atoms with Gasteiger partial charge in [-0.25, -0.2) is 5.90 Å². The maximum atomic E-state index is 11.0. The Kier molecular flexibility index (Phi) is 11.6. The number of rotatable bonds is 2. The predicted octanol–water partition coefficient (Wildman–Crippen LogP) is 3.80. The van der Waals surface area contributed by atoms with Crippen LogP contribution < -0.4 is 20.7 Å². The minimum Gasteiger partial charge on any atom is -0.493 e. The van der Waals surface area contributed by atoms with Gasteiger partial charge in [-0.05, 0) is 54.4 Å². The summed E-state index contributed by atoms with van der Waals surface area (Å²) in [5.41, 5.74) is 3.95. The first kappa shape index (κ1) is 26.4. The van der Waals surface area contributed by atoms with E-state index in [4.69, 9.17) is 14.7 Å². The number of ketones is 1. The van der Waals surface area contributed by atoms with Crippen LogP contribution in [0.3, 0.4) is 0 Å². The lowest BCUT2D eigenvalue weighted by Crippen LogP contribution is -2.05. The molecular formula is C21H29ClN2O5. The largest absolute Gasteiger partial charge is 0.493 e. The van der Waals surface area contributed by atoms with Gasteiger partial charge in [0.15, 0.2) is 5.78 Å². The minimum atomic E-state index is -0.0427. The summed E-state index contributed by atoms with van der Waals surface area (Å²) in [7, 11) is 0. The van der Waals surface area contributed by atoms with Crippen molar-refractivity contribution in [1.29, 1.82) is 0 Å². The summed E-state index contributed by atoms with van der Waals surface area (Å²) in [5.74, 6) is 5.44. The maximum Gasteiger partial charge on any atom is 0.221 e. The van der Waals surface area contributed by atoms with Crippen LogP contribution in [0.5, 0.6) is 11.5 Å². The van der Waals surface area contributed by atoms with E-state index in [0.29, 0.717) is 0 Å². The first-order valence-corrected chi connectivity index (χ1v) is 8.59. The number of hydrogen-bond acceptors (Lipinski definition) is 6. The average Bonchev–Trinajstić information content (AvgIpc) is 3.31. The fourth-order valence-corrected chi connectivity index (χ4v) is 2.87. The summed E-state index contributed by atoms with van der Waals surface area (Å²) in [4.78, 5) is 21.8. The third-order valence-corrected chi connectivity index (χ3v) is 4.11. The number of Topliss-reactive ketones (excluding diaryl/α,β-unsaturated/α-hetero) is 1. The highest BCUT2D eigenvalue weighted by Gasteiger charge is 2.13. The summed E-state index contributed by atoms with van der Waals surface area (Å²) in [5, 5.41) is 9.24. The molecular weight excluding hydrogens is 396 g/mol. The number of fused-ring (bicyclic) bond motifs is 2. The zero-order valence-electron chi connectivity index (χ0n) is 15.9. The molecule has 2 aliphatic rings. The van der Waals surface area contributed by atoms with Crippen LogP contribution >= 0.6 is 12.4 Å². The average molecular weight is 425 g/mol. The summed E-state index contributed by atoms with van der Waals surface area (Å²) < 4.78 is 10.7. The number of carbonyl (C=O) groups excluding carboxylic acids is 2. The molecule has 1 amide bonds. The fraction of sp³-hybridized carbons (Fsp3) is 0.333. The molecule has 29 heavy (non-hydrogen) atoms. The van der Waals surface area contributed by atoms with E-state index in [1.165, 1.54) is 12.5 Å². The fourth-order valence-electron chi connectivity index (χ4n) is 2.87. The van der Waals surface area contributed by atoms with E-state index in [2.05, 4.69) is 11.2 Å². The molecule has 160 valence electrons. The molecule has 4 rings (SSSR count). The number of amides is 1. The van der Waals surface area contributed by atoms with Crippen molar-refractivity contribution >= 4 is 29.8 Å². The normalized spacial score (nSPS) is 11.9. The second-order valence-electron chi connectivity index (χ2n) is 6.08. The molecule has 0 atom stereocenters. The number of benzene rings is 2. The molecule has 2 aliphatic heterocycles. The topological polar surface area (TPSA) is 111 Å². The van der Waals surface area contributed by atoms with Crippen LogP contribution in [0.15, 0.2) is 36.4 Å². The van der Waals surface area contributed by atoms with Crippen LogP contribution in [0.1, 0.15) is 42.8 Å². The smallest absolute Gasteiger partial charge is 0.221 e. The monoisotopic (exact) mass is 424 g/mol. The Morgan fingerprint density at radius 2 is 1.45 bits per heavy atom. The lowest BCUT2D eigenvalue weighted by atomic mass is 10.1. The van der Waals surface area contributed by atoms with Crippen molar-refractivity contribution < 1.29 is 24.3 Å². The van der Waals surface area contributed by atoms with Crippen molar-refractivity contribution in [3.8, 4) is 11.5 Å². The Hall–Kier alpha value is -2.61. The van der Waals surface area contributed by atoms with Crippen molar-refractivity contribution in [2.75, 3.05) is 18.5 Å². The highest BCUT2D eigenvalue weighted by molar-refractivity contribution is 5.94. The Balaban J connectivity index is 0.000000469. The molecule has 0 fully saturated rings. The molecule has 2 aromatic rings. The summed E-state index contributed by atoms with van der Waals surface area (Å²) in [6, 6.07) is 11.3. The molecule has 0 bridgehead atoms. The molecule has 0 saturated heterocycles. The molecule has 2 heterocycles. The quantitative estimate of drug-likeness (QED) is 0.499. The molecule has 4 N–H and O–H groups in total. The number of nitrogens with two attached hydrogens (primary N) is 1. The number of nitrogens with one attached hydrogen (secondary N) is 1. The predicted molar refractivity (Wildman–Crippen MR) is 116 cm³/mol. The second-order valence-corrected chi connectivity index (χ2v) is 6.08. The third-order valence-electron chi connectivity index (χ3n) is 4.11. The molecule has 7 nitrogen and oxygen atoms in total. The van der Waals surface area contributed by atoms with Gasteiger partial charge in [0.1, 0.15) is 11.5 Å². The number of hydrogen-bond donors (Lipinski definition) is 3. The van der Waals surface area contributed by atoms with Gasteiger partial charge in [0.2, 0.25) is 5.91 Å². The molecule has 0 aliphatic carbocycles. The molecule has 2 aromatic carbocycles. The van der Waals surface area contributed by atoms with Crippen molar-refractivity contribution in [3.05, 3.63) is 53.1 Å². The Labute approximate surface area is 177 Å². The number of carbonyl (C=O) groups is 2. The van der Waals surface area contributed by atoms with E-state index in [9.17, 15) is 9.59 Å². The van der Waals surface area contributed by atoms with E-state index < -0.39 is 0 Å². The van der Waals surface area contributed by atoms with E-state index in [1.54, 1.807) is 6.92 Å². The first-order chi connectivity index (χ1) is 13.0. The molecule has 0 unspecified atom stereocenters. The molecule has 0 aromatic heterocycles. The Morgan fingerprint density at radius 1 is 0.931 bits per heavy atom. The van der Waals surface area contributed by atoms with Crippen LogP contribution in [-0.4, -0.2) is 30.1 Å². The van der Waals surface area contributed by atoms with Gasteiger partial charge in [0.05, 0.1) is 13.2 Å². The van der Waals surface area contributed by atoms with E-state index in [-0.39, 0.29) is 31.5 Å². The molecule has 0 radical (unpaired) electrons. The van der Waals surface area contributed by atoms with Gasteiger partial charge in [0, 0.05) is 31.0 Å². The lowest BCUT2D eigenvalue weighted by Gasteiger charge is -2.03. The van der Waals surface area contributed by atoms with Crippen LogP contribution in [0.25, 0.3) is 0 Å². The third kappa shape index (κ3) is 7.38. The number of ether oxygens (including phenoxy) is 2. The number of halogens is 1.